The van der Waals surface area contributed by atoms with Crippen molar-refractivity contribution in [2.45, 2.75) is 20.3 Å². The average molecular weight is 388 g/mol. The highest BCUT2D eigenvalue weighted by atomic mass is 16.5. The second-order valence-electron chi connectivity index (χ2n) is 6.87. The molecule has 1 aromatic carbocycles. The topological polar surface area (TPSA) is 73.4 Å². The second-order valence-corrected chi connectivity index (χ2v) is 6.87. The van der Waals surface area contributed by atoms with Crippen molar-refractivity contribution in [3.05, 3.63) is 24.3 Å². The lowest BCUT2D eigenvalue weighted by Gasteiger charge is -2.37. The minimum atomic E-state index is -0.138. The van der Waals surface area contributed by atoms with E-state index in [1.165, 1.54) is 0 Å². The fourth-order valence-electron chi connectivity index (χ4n) is 3.61. The molecule has 3 rings (SSSR count). The van der Waals surface area contributed by atoms with Gasteiger partial charge in [0.15, 0.2) is 6.61 Å². The van der Waals surface area contributed by atoms with Gasteiger partial charge in [0.25, 0.3) is 5.91 Å². The molecule has 2 heterocycles. The number of urea groups is 1. The van der Waals surface area contributed by atoms with E-state index in [0.29, 0.717) is 57.3 Å². The summed E-state index contributed by atoms with van der Waals surface area (Å²) in [6.07, 6.45) is 0.254. The molecule has 0 N–H and O–H groups in total. The summed E-state index contributed by atoms with van der Waals surface area (Å²) in [5.74, 6) is 0.533. The van der Waals surface area contributed by atoms with Crippen molar-refractivity contribution in [1.82, 2.24) is 14.7 Å². The highest BCUT2D eigenvalue weighted by molar-refractivity contribution is 5.98. The van der Waals surface area contributed by atoms with Crippen LogP contribution in [0.3, 0.4) is 0 Å². The first kappa shape index (κ1) is 20.0. The molecule has 0 unspecified atom stereocenters. The lowest BCUT2D eigenvalue weighted by Crippen LogP contribution is -2.54. The van der Waals surface area contributed by atoms with Gasteiger partial charge < -0.3 is 24.3 Å². The normalized spacial score (nSPS) is 16.5. The van der Waals surface area contributed by atoms with Crippen LogP contribution >= 0.6 is 0 Å². The third kappa shape index (κ3) is 4.21. The molecule has 2 aliphatic heterocycles. The van der Waals surface area contributed by atoms with Crippen LogP contribution < -0.4 is 9.64 Å². The number of carbonyl (C=O) groups is 3. The molecule has 0 spiro atoms. The Bertz CT molecular complexity index is 727. The number of hydrogen-bond donors (Lipinski definition) is 0. The average Bonchev–Trinajstić information content (AvgIpc) is 2.73. The minimum absolute atomic E-state index is 0.00263. The van der Waals surface area contributed by atoms with E-state index in [1.54, 1.807) is 19.6 Å². The molecule has 1 saturated heterocycles. The smallest absolute Gasteiger partial charge is 0.320 e. The van der Waals surface area contributed by atoms with Crippen LogP contribution in [0.5, 0.6) is 5.75 Å². The van der Waals surface area contributed by atoms with Gasteiger partial charge in [-0.15, -0.1) is 0 Å². The summed E-state index contributed by atoms with van der Waals surface area (Å²) < 4.78 is 5.43. The van der Waals surface area contributed by atoms with Crippen molar-refractivity contribution in [3.63, 3.8) is 0 Å². The van der Waals surface area contributed by atoms with Crippen LogP contribution in [0, 0.1) is 0 Å². The molecule has 8 nitrogen and oxygen atoms in total. The molecular weight excluding hydrogens is 360 g/mol. The van der Waals surface area contributed by atoms with Gasteiger partial charge in [-0.3, -0.25) is 9.59 Å². The molecule has 0 bridgehead atoms. The number of carbonyl (C=O) groups excluding carboxylic acids is 3. The number of amides is 4. The van der Waals surface area contributed by atoms with Gasteiger partial charge in [0, 0.05) is 52.2 Å². The number of piperazine rings is 1. The van der Waals surface area contributed by atoms with Crippen LogP contribution in [-0.2, 0) is 9.59 Å². The number of hydrogen-bond acceptors (Lipinski definition) is 4. The Morgan fingerprint density at radius 2 is 1.68 bits per heavy atom. The Labute approximate surface area is 165 Å². The first-order chi connectivity index (χ1) is 13.5. The molecular formula is C20H28N4O4. The van der Waals surface area contributed by atoms with Crippen molar-refractivity contribution in [3.8, 4) is 5.75 Å². The van der Waals surface area contributed by atoms with Crippen LogP contribution in [-0.4, -0.2) is 85.0 Å². The van der Waals surface area contributed by atoms with Gasteiger partial charge in [-0.25, -0.2) is 4.79 Å². The van der Waals surface area contributed by atoms with Gasteiger partial charge in [-0.05, 0) is 26.0 Å². The number of rotatable bonds is 5. The summed E-state index contributed by atoms with van der Waals surface area (Å²) in [6, 6.07) is 7.39. The quantitative estimate of drug-likeness (QED) is 0.765. The second kappa shape index (κ2) is 8.95. The zero-order valence-corrected chi connectivity index (χ0v) is 16.6. The van der Waals surface area contributed by atoms with E-state index in [4.69, 9.17) is 4.74 Å². The minimum Gasteiger partial charge on any atom is -0.482 e. The van der Waals surface area contributed by atoms with Crippen molar-refractivity contribution in [1.29, 1.82) is 0 Å². The zero-order valence-electron chi connectivity index (χ0n) is 16.6. The van der Waals surface area contributed by atoms with Gasteiger partial charge in [0.1, 0.15) is 5.75 Å². The third-order valence-corrected chi connectivity index (χ3v) is 5.29. The maximum Gasteiger partial charge on any atom is 0.320 e. The van der Waals surface area contributed by atoms with Crippen molar-refractivity contribution < 1.29 is 19.1 Å². The van der Waals surface area contributed by atoms with Gasteiger partial charge in [0.2, 0.25) is 5.91 Å². The molecule has 28 heavy (non-hydrogen) atoms. The molecule has 0 radical (unpaired) electrons. The Kier molecular flexibility index (Phi) is 6.38. The summed E-state index contributed by atoms with van der Waals surface area (Å²) in [5, 5.41) is 0. The van der Waals surface area contributed by atoms with Crippen LogP contribution in [0.15, 0.2) is 24.3 Å². The number of para-hydroxylation sites is 2. The fourth-order valence-corrected chi connectivity index (χ4v) is 3.61. The third-order valence-electron chi connectivity index (χ3n) is 5.29. The Hall–Kier alpha value is -2.77. The van der Waals surface area contributed by atoms with Crippen LogP contribution in [0.1, 0.15) is 20.3 Å². The molecule has 152 valence electrons. The summed E-state index contributed by atoms with van der Waals surface area (Å²) in [6.45, 7) is 7.76. The van der Waals surface area contributed by atoms with E-state index < -0.39 is 0 Å². The summed E-state index contributed by atoms with van der Waals surface area (Å²) in [7, 11) is 0. The van der Waals surface area contributed by atoms with Crippen LogP contribution in [0.2, 0.25) is 0 Å². The number of benzene rings is 1. The molecule has 8 heteroatoms. The highest BCUT2D eigenvalue weighted by Crippen LogP contribution is 2.31. The molecule has 1 fully saturated rings. The number of fused-ring (bicyclic) bond motifs is 1. The summed E-state index contributed by atoms with van der Waals surface area (Å²) >= 11 is 0. The Balaban J connectivity index is 1.52. The summed E-state index contributed by atoms with van der Waals surface area (Å²) in [4.78, 5) is 44.2. The van der Waals surface area contributed by atoms with E-state index in [9.17, 15) is 14.4 Å². The first-order valence-corrected chi connectivity index (χ1v) is 9.89. The van der Waals surface area contributed by atoms with Crippen molar-refractivity contribution >= 4 is 23.5 Å². The standard InChI is InChI=1S/C20H28N4O4/c1-3-21(4-2)20(27)23-13-11-22(12-14-23)18(25)9-10-24-16-7-5-6-8-17(16)28-15-19(24)26/h5-8H,3-4,9-15H2,1-2H3. The predicted octanol–water partition coefficient (Wildman–Crippen LogP) is 1.41. The highest BCUT2D eigenvalue weighted by Gasteiger charge is 2.28. The molecule has 4 amide bonds. The van der Waals surface area contributed by atoms with E-state index in [2.05, 4.69) is 0 Å². The van der Waals surface area contributed by atoms with Gasteiger partial charge in [-0.2, -0.15) is 0 Å². The molecule has 0 aromatic heterocycles. The van der Waals surface area contributed by atoms with E-state index >= 15 is 0 Å². The number of nitrogens with zero attached hydrogens (tertiary/aromatic N) is 4. The van der Waals surface area contributed by atoms with E-state index in [0.717, 1.165) is 0 Å². The number of anilines is 1. The van der Waals surface area contributed by atoms with E-state index in [-0.39, 0.29) is 30.9 Å². The molecule has 1 aromatic rings. The van der Waals surface area contributed by atoms with Crippen LogP contribution in [0.4, 0.5) is 10.5 Å². The largest absolute Gasteiger partial charge is 0.482 e. The molecule has 0 saturated carbocycles. The predicted molar refractivity (Wildman–Crippen MR) is 105 cm³/mol. The van der Waals surface area contributed by atoms with Gasteiger partial charge in [0.05, 0.1) is 5.69 Å². The first-order valence-electron chi connectivity index (χ1n) is 9.89. The van der Waals surface area contributed by atoms with Crippen molar-refractivity contribution in [2.24, 2.45) is 0 Å². The molecule has 0 atom stereocenters. The van der Waals surface area contributed by atoms with E-state index in [1.807, 2.05) is 38.1 Å². The lowest BCUT2D eigenvalue weighted by molar-refractivity contribution is -0.132. The lowest BCUT2D eigenvalue weighted by atomic mass is 10.2. The van der Waals surface area contributed by atoms with Crippen LogP contribution in [0.25, 0.3) is 0 Å². The zero-order chi connectivity index (χ0) is 20.1. The van der Waals surface area contributed by atoms with Gasteiger partial charge in [-0.1, -0.05) is 12.1 Å². The maximum absolute atomic E-state index is 12.6. The molecule has 2 aliphatic rings. The SMILES string of the molecule is CCN(CC)C(=O)N1CCN(C(=O)CCN2C(=O)COc3ccccc32)CC1. The Morgan fingerprint density at radius 1 is 1.04 bits per heavy atom. The monoisotopic (exact) mass is 388 g/mol. The summed E-state index contributed by atoms with van der Waals surface area (Å²) in [5.41, 5.74) is 0.709. The van der Waals surface area contributed by atoms with Crippen molar-refractivity contribution in [2.75, 3.05) is 57.3 Å². The number of ether oxygens (including phenoxy) is 1. The molecule has 0 aliphatic carbocycles. The van der Waals surface area contributed by atoms with Gasteiger partial charge >= 0.3 is 6.03 Å². The maximum atomic E-state index is 12.6. The fraction of sp³-hybridized carbons (Fsp3) is 0.550. The Morgan fingerprint density at radius 3 is 2.36 bits per heavy atom.